The molecule has 2 aromatic rings. The van der Waals surface area contributed by atoms with E-state index < -0.39 is 0 Å². The van der Waals surface area contributed by atoms with Crippen molar-refractivity contribution in [3.63, 3.8) is 0 Å². The topological polar surface area (TPSA) is 0 Å². The van der Waals surface area contributed by atoms with Gasteiger partial charge in [-0.1, -0.05) is 49.4 Å². The Kier molecular flexibility index (Phi) is 1.51. The lowest BCUT2D eigenvalue weighted by Crippen LogP contribution is -2.01. The molecular weight excluding hydrogens is 168 g/mol. The van der Waals surface area contributed by atoms with Gasteiger partial charge < -0.3 is 0 Å². The molecule has 0 fully saturated rings. The third kappa shape index (κ3) is 0.832. The summed E-state index contributed by atoms with van der Waals surface area (Å²) in [4.78, 5) is 0. The van der Waals surface area contributed by atoms with Gasteiger partial charge in [-0.15, -0.1) is 0 Å². The number of hydrogen-bond donors (Lipinski definition) is 0. The van der Waals surface area contributed by atoms with Crippen molar-refractivity contribution in [3.05, 3.63) is 48.0 Å². The molecule has 0 aliphatic heterocycles. The number of benzene rings is 2. The molecule has 0 bridgehead atoms. The van der Waals surface area contributed by atoms with Crippen molar-refractivity contribution < 1.29 is 0 Å². The van der Waals surface area contributed by atoms with Crippen LogP contribution in [0.5, 0.6) is 0 Å². The average Bonchev–Trinajstić information content (AvgIpc) is 2.24. The van der Waals surface area contributed by atoms with Gasteiger partial charge >= 0.3 is 0 Å². The summed E-state index contributed by atoms with van der Waals surface area (Å²) >= 11 is 0. The molecule has 0 aromatic heterocycles. The SMILES string of the molecule is CCc1cccc2c1-c1ccccc1-2. The Morgan fingerprint density at radius 1 is 0.786 bits per heavy atom. The van der Waals surface area contributed by atoms with Crippen molar-refractivity contribution in [2.75, 3.05) is 0 Å². The number of hydrogen-bond acceptors (Lipinski definition) is 0. The largest absolute Gasteiger partial charge is 0.0616 e. The minimum atomic E-state index is 1.12. The van der Waals surface area contributed by atoms with Crippen LogP contribution < -0.4 is 0 Å². The first-order chi connectivity index (χ1) is 6.92. The Morgan fingerprint density at radius 2 is 1.50 bits per heavy atom. The fourth-order valence-corrected chi connectivity index (χ4v) is 2.31. The monoisotopic (exact) mass is 180 g/mol. The van der Waals surface area contributed by atoms with Crippen LogP contribution in [-0.4, -0.2) is 0 Å². The van der Waals surface area contributed by atoms with Crippen LogP contribution in [0, 0.1) is 0 Å². The number of rotatable bonds is 1. The summed E-state index contributed by atoms with van der Waals surface area (Å²) < 4.78 is 0. The highest BCUT2D eigenvalue weighted by molar-refractivity contribution is 6.03. The van der Waals surface area contributed by atoms with Gasteiger partial charge in [-0.3, -0.25) is 0 Å². The van der Waals surface area contributed by atoms with Crippen molar-refractivity contribution in [1.82, 2.24) is 0 Å². The zero-order chi connectivity index (χ0) is 9.54. The third-order valence-corrected chi connectivity index (χ3v) is 3.02. The summed E-state index contributed by atoms with van der Waals surface area (Å²) in [6, 6.07) is 15.3. The summed E-state index contributed by atoms with van der Waals surface area (Å²) in [6.07, 6.45) is 1.12. The first-order valence-electron chi connectivity index (χ1n) is 5.13. The van der Waals surface area contributed by atoms with Crippen LogP contribution >= 0.6 is 0 Å². The van der Waals surface area contributed by atoms with E-state index >= 15 is 0 Å². The van der Waals surface area contributed by atoms with Crippen LogP contribution in [-0.2, 0) is 6.42 Å². The molecular formula is C14H12. The van der Waals surface area contributed by atoms with Gasteiger partial charge in [0.25, 0.3) is 0 Å². The highest BCUT2D eigenvalue weighted by Crippen LogP contribution is 2.48. The fourth-order valence-electron chi connectivity index (χ4n) is 2.31. The van der Waals surface area contributed by atoms with E-state index in [0.717, 1.165) is 6.42 Å². The maximum atomic E-state index is 2.23. The lowest BCUT2D eigenvalue weighted by molar-refractivity contribution is 1.14. The Bertz CT molecular complexity index is 495. The quantitative estimate of drug-likeness (QED) is 0.533. The molecule has 0 heteroatoms. The Hall–Kier alpha value is -1.56. The van der Waals surface area contributed by atoms with E-state index in [4.69, 9.17) is 0 Å². The van der Waals surface area contributed by atoms with Crippen LogP contribution in [0.25, 0.3) is 22.3 Å². The molecule has 3 rings (SSSR count). The fraction of sp³-hybridized carbons (Fsp3) is 0.143. The highest BCUT2D eigenvalue weighted by Gasteiger charge is 2.22. The molecule has 0 N–H and O–H groups in total. The molecule has 1 aliphatic rings. The smallest absolute Gasteiger partial charge is 0.00670 e. The van der Waals surface area contributed by atoms with E-state index in [9.17, 15) is 0 Å². The Morgan fingerprint density at radius 3 is 2.29 bits per heavy atom. The van der Waals surface area contributed by atoms with Crippen LogP contribution in [0.2, 0.25) is 0 Å². The summed E-state index contributed by atoms with van der Waals surface area (Å²) in [7, 11) is 0. The van der Waals surface area contributed by atoms with E-state index in [2.05, 4.69) is 49.4 Å². The average molecular weight is 180 g/mol. The highest BCUT2D eigenvalue weighted by atomic mass is 14.3. The molecule has 1 aliphatic carbocycles. The van der Waals surface area contributed by atoms with Gasteiger partial charge in [-0.05, 0) is 34.2 Å². The van der Waals surface area contributed by atoms with Gasteiger partial charge in [0.15, 0.2) is 0 Å². The second-order valence-electron chi connectivity index (χ2n) is 3.74. The third-order valence-electron chi connectivity index (χ3n) is 3.02. The first kappa shape index (κ1) is 7.81. The first-order valence-corrected chi connectivity index (χ1v) is 5.13. The van der Waals surface area contributed by atoms with Gasteiger partial charge in [0.1, 0.15) is 0 Å². The van der Waals surface area contributed by atoms with Crippen molar-refractivity contribution in [2.45, 2.75) is 13.3 Å². The molecule has 0 atom stereocenters. The van der Waals surface area contributed by atoms with Gasteiger partial charge in [0, 0.05) is 0 Å². The van der Waals surface area contributed by atoms with Crippen LogP contribution in [0.15, 0.2) is 42.5 Å². The molecule has 0 heterocycles. The Balaban J connectivity index is 2.28. The van der Waals surface area contributed by atoms with Crippen molar-refractivity contribution in [3.8, 4) is 22.3 Å². The summed E-state index contributed by atoms with van der Waals surface area (Å²) in [5, 5.41) is 0. The lowest BCUT2D eigenvalue weighted by Gasteiger charge is -2.26. The van der Waals surface area contributed by atoms with Crippen molar-refractivity contribution >= 4 is 0 Å². The maximum Gasteiger partial charge on any atom is -0.00670 e. The minimum absolute atomic E-state index is 1.12. The van der Waals surface area contributed by atoms with Gasteiger partial charge in [-0.25, -0.2) is 0 Å². The van der Waals surface area contributed by atoms with Crippen molar-refractivity contribution in [1.29, 1.82) is 0 Å². The summed E-state index contributed by atoms with van der Waals surface area (Å²) in [5.41, 5.74) is 7.23. The molecule has 0 spiro atoms. The molecule has 0 amide bonds. The normalized spacial score (nSPS) is 11.5. The van der Waals surface area contributed by atoms with E-state index in [-0.39, 0.29) is 0 Å². The molecule has 0 unspecified atom stereocenters. The van der Waals surface area contributed by atoms with E-state index in [1.165, 1.54) is 27.8 Å². The summed E-state index contributed by atoms with van der Waals surface area (Å²) in [5.74, 6) is 0. The molecule has 14 heavy (non-hydrogen) atoms. The van der Waals surface area contributed by atoms with E-state index in [1.54, 1.807) is 0 Å². The van der Waals surface area contributed by atoms with Crippen LogP contribution in [0.4, 0.5) is 0 Å². The van der Waals surface area contributed by atoms with Gasteiger partial charge in [0.2, 0.25) is 0 Å². The zero-order valence-corrected chi connectivity index (χ0v) is 8.25. The summed E-state index contributed by atoms with van der Waals surface area (Å²) in [6.45, 7) is 2.22. The minimum Gasteiger partial charge on any atom is -0.0616 e. The van der Waals surface area contributed by atoms with Gasteiger partial charge in [-0.2, -0.15) is 0 Å². The Labute approximate surface area is 84.2 Å². The molecule has 68 valence electrons. The van der Waals surface area contributed by atoms with E-state index in [0.29, 0.717) is 0 Å². The van der Waals surface area contributed by atoms with Crippen LogP contribution in [0.3, 0.4) is 0 Å². The molecule has 0 saturated carbocycles. The molecule has 0 saturated heterocycles. The lowest BCUT2D eigenvalue weighted by atomic mass is 9.77. The predicted molar refractivity (Wildman–Crippen MR) is 60.3 cm³/mol. The zero-order valence-electron chi connectivity index (χ0n) is 8.25. The maximum absolute atomic E-state index is 2.23. The van der Waals surface area contributed by atoms with Gasteiger partial charge in [0.05, 0.1) is 0 Å². The standard InChI is InChI=1S/C14H12/c1-2-10-6-5-9-13-11-7-3-4-8-12(11)14(10)13/h3-9H,2H2,1H3. The van der Waals surface area contributed by atoms with Crippen molar-refractivity contribution in [2.24, 2.45) is 0 Å². The second-order valence-corrected chi connectivity index (χ2v) is 3.74. The van der Waals surface area contributed by atoms with Crippen LogP contribution in [0.1, 0.15) is 12.5 Å². The molecule has 0 nitrogen and oxygen atoms in total. The number of aryl methyl sites for hydroxylation is 1. The molecule has 2 aromatic carbocycles. The van der Waals surface area contributed by atoms with E-state index in [1.807, 2.05) is 0 Å². The second kappa shape index (κ2) is 2.71. The number of fused-ring (bicyclic) bond motifs is 4. The molecule has 0 radical (unpaired) electrons. The predicted octanol–water partition coefficient (Wildman–Crippen LogP) is 3.90.